The number of anilines is 1. The molecule has 31 heavy (non-hydrogen) atoms. The molecule has 2 N–H and O–H groups in total. The van der Waals surface area contributed by atoms with Crippen molar-refractivity contribution in [3.05, 3.63) is 87.8 Å². The molecule has 0 saturated carbocycles. The number of nitrogens with one attached hydrogen (secondary N) is 2. The number of benzene rings is 2. The molecule has 0 bridgehead atoms. The van der Waals surface area contributed by atoms with Crippen molar-refractivity contribution in [3.63, 3.8) is 0 Å². The number of hydrogen-bond acceptors (Lipinski definition) is 4. The summed E-state index contributed by atoms with van der Waals surface area (Å²) >= 11 is 0. The van der Waals surface area contributed by atoms with Gasteiger partial charge in [-0.15, -0.1) is 0 Å². The lowest BCUT2D eigenvalue weighted by Crippen LogP contribution is -2.42. The summed E-state index contributed by atoms with van der Waals surface area (Å²) in [4.78, 5) is 37.4. The number of hydrogen-bond donors (Lipinski definition) is 2. The molecule has 0 aliphatic heterocycles. The van der Waals surface area contributed by atoms with Crippen LogP contribution in [-0.4, -0.2) is 27.1 Å². The van der Waals surface area contributed by atoms with Gasteiger partial charge in [-0.05, 0) is 63.6 Å². The lowest BCUT2D eigenvalue weighted by atomic mass is 10.0. The lowest BCUT2D eigenvalue weighted by molar-refractivity contribution is 0.0910. The fourth-order valence-corrected chi connectivity index (χ4v) is 2.90. The van der Waals surface area contributed by atoms with Gasteiger partial charge in [0.15, 0.2) is 5.69 Å². The molecule has 0 saturated heterocycles. The maximum atomic E-state index is 12.7. The summed E-state index contributed by atoms with van der Waals surface area (Å²) in [6, 6.07) is 17.2. The molecule has 0 spiro atoms. The topological polar surface area (TPSA) is 93.1 Å². The number of carbonyl (C=O) groups is 2. The van der Waals surface area contributed by atoms with E-state index in [1.165, 1.54) is 6.07 Å². The second kappa shape index (κ2) is 8.95. The molecule has 7 nitrogen and oxygen atoms in total. The van der Waals surface area contributed by atoms with E-state index in [4.69, 9.17) is 0 Å². The molecule has 160 valence electrons. The van der Waals surface area contributed by atoms with Crippen LogP contribution in [0.2, 0.25) is 0 Å². The third-order valence-electron chi connectivity index (χ3n) is 5.06. The number of carbonyl (C=O) groups excluding carboxylic acids is 2. The van der Waals surface area contributed by atoms with Crippen molar-refractivity contribution in [2.45, 2.75) is 39.7 Å². The first-order valence-electron chi connectivity index (χ1n) is 10.1. The van der Waals surface area contributed by atoms with Crippen molar-refractivity contribution in [1.82, 2.24) is 15.1 Å². The Hall–Kier alpha value is -3.74. The monoisotopic (exact) mass is 418 g/mol. The third-order valence-corrected chi connectivity index (χ3v) is 5.06. The van der Waals surface area contributed by atoms with E-state index in [2.05, 4.69) is 15.7 Å². The Balaban J connectivity index is 1.79. The summed E-state index contributed by atoms with van der Waals surface area (Å²) in [7, 11) is 0. The number of nitrogens with zero attached hydrogens (tertiary/aromatic N) is 2. The van der Waals surface area contributed by atoms with Crippen LogP contribution >= 0.6 is 0 Å². The van der Waals surface area contributed by atoms with Crippen LogP contribution in [0.1, 0.15) is 53.7 Å². The van der Waals surface area contributed by atoms with Gasteiger partial charge in [0.2, 0.25) is 5.43 Å². The van der Waals surface area contributed by atoms with Crippen molar-refractivity contribution in [3.8, 4) is 5.69 Å². The van der Waals surface area contributed by atoms with Crippen LogP contribution in [0, 0.1) is 6.92 Å². The zero-order chi connectivity index (χ0) is 22.6. The van der Waals surface area contributed by atoms with Crippen molar-refractivity contribution >= 4 is 17.5 Å². The van der Waals surface area contributed by atoms with Gasteiger partial charge in [0.25, 0.3) is 11.8 Å². The molecule has 0 aliphatic rings. The number of para-hydroxylation sites is 1. The number of aryl methyl sites for hydroxylation is 1. The SMILES string of the molecule is CCC(C)(C)NC(=O)c1ccc(NC(=O)c2nn(-c3ccccc3)c(C)cc2=O)cc1. The highest BCUT2D eigenvalue weighted by Gasteiger charge is 2.19. The van der Waals surface area contributed by atoms with Crippen LogP contribution in [0.5, 0.6) is 0 Å². The predicted octanol–water partition coefficient (Wildman–Crippen LogP) is 3.71. The zero-order valence-electron chi connectivity index (χ0n) is 18.1. The summed E-state index contributed by atoms with van der Waals surface area (Å²) in [5.41, 5.74) is 1.35. The van der Waals surface area contributed by atoms with Crippen LogP contribution in [-0.2, 0) is 0 Å². The zero-order valence-corrected chi connectivity index (χ0v) is 18.1. The molecule has 0 unspecified atom stereocenters. The van der Waals surface area contributed by atoms with E-state index in [9.17, 15) is 14.4 Å². The first-order chi connectivity index (χ1) is 14.7. The number of rotatable bonds is 6. The van der Waals surface area contributed by atoms with Crippen molar-refractivity contribution in [2.75, 3.05) is 5.32 Å². The van der Waals surface area contributed by atoms with Crippen LogP contribution < -0.4 is 16.1 Å². The second-order valence-electron chi connectivity index (χ2n) is 7.97. The van der Waals surface area contributed by atoms with E-state index in [1.54, 1.807) is 35.9 Å². The van der Waals surface area contributed by atoms with Gasteiger partial charge in [-0.3, -0.25) is 14.4 Å². The first kappa shape index (κ1) is 22.0. The fourth-order valence-electron chi connectivity index (χ4n) is 2.90. The van der Waals surface area contributed by atoms with Gasteiger partial charge in [-0.1, -0.05) is 25.1 Å². The Kier molecular flexibility index (Phi) is 6.34. The standard InChI is InChI=1S/C24H26N4O3/c1-5-24(3,4)26-22(30)17-11-13-18(14-12-17)25-23(31)21-20(29)15-16(2)28(27-21)19-9-7-6-8-10-19/h6-15H,5H2,1-4H3,(H,25,31)(H,26,30). The van der Waals surface area contributed by atoms with E-state index in [0.717, 1.165) is 12.1 Å². The minimum Gasteiger partial charge on any atom is -0.347 e. The highest BCUT2D eigenvalue weighted by Crippen LogP contribution is 2.14. The van der Waals surface area contributed by atoms with Gasteiger partial charge in [-0.25, -0.2) is 4.68 Å². The summed E-state index contributed by atoms with van der Waals surface area (Å²) in [6.07, 6.45) is 0.803. The minimum atomic E-state index is -0.612. The van der Waals surface area contributed by atoms with Crippen molar-refractivity contribution in [2.24, 2.45) is 0 Å². The van der Waals surface area contributed by atoms with Gasteiger partial charge < -0.3 is 10.6 Å². The molecule has 2 aromatic carbocycles. The maximum absolute atomic E-state index is 12.7. The van der Waals surface area contributed by atoms with Gasteiger partial charge in [0, 0.05) is 28.6 Å². The van der Waals surface area contributed by atoms with Crippen LogP contribution in [0.15, 0.2) is 65.5 Å². The molecule has 1 heterocycles. The molecule has 2 amide bonds. The Morgan fingerprint density at radius 1 is 1.00 bits per heavy atom. The molecule has 0 radical (unpaired) electrons. The maximum Gasteiger partial charge on any atom is 0.280 e. The molecule has 3 aromatic rings. The van der Waals surface area contributed by atoms with E-state index < -0.39 is 11.3 Å². The van der Waals surface area contributed by atoms with Crippen LogP contribution in [0.4, 0.5) is 5.69 Å². The van der Waals surface area contributed by atoms with Crippen LogP contribution in [0.3, 0.4) is 0 Å². The third kappa shape index (κ3) is 5.25. The summed E-state index contributed by atoms with van der Waals surface area (Å²) in [6.45, 7) is 7.67. The quantitative estimate of drug-likeness (QED) is 0.638. The number of aromatic nitrogens is 2. The van der Waals surface area contributed by atoms with Crippen molar-refractivity contribution < 1.29 is 9.59 Å². The van der Waals surface area contributed by atoms with Crippen LogP contribution in [0.25, 0.3) is 5.69 Å². The average molecular weight is 418 g/mol. The molecular formula is C24H26N4O3. The molecule has 7 heteroatoms. The lowest BCUT2D eigenvalue weighted by Gasteiger charge is -2.24. The van der Waals surface area contributed by atoms with Gasteiger partial charge in [-0.2, -0.15) is 5.10 Å². The molecule has 3 rings (SSSR count). The Bertz CT molecular complexity index is 1150. The highest BCUT2D eigenvalue weighted by atomic mass is 16.2. The molecule has 1 aromatic heterocycles. The predicted molar refractivity (Wildman–Crippen MR) is 121 cm³/mol. The van der Waals surface area contributed by atoms with Gasteiger partial charge in [0.05, 0.1) is 5.69 Å². The molecule has 0 atom stereocenters. The van der Waals surface area contributed by atoms with Gasteiger partial charge in [0.1, 0.15) is 0 Å². The molecular weight excluding hydrogens is 392 g/mol. The second-order valence-corrected chi connectivity index (χ2v) is 7.97. The normalized spacial score (nSPS) is 11.1. The Morgan fingerprint density at radius 3 is 2.26 bits per heavy atom. The summed E-state index contributed by atoms with van der Waals surface area (Å²) in [5.74, 6) is -0.797. The average Bonchev–Trinajstić information content (AvgIpc) is 2.74. The fraction of sp³-hybridized carbons (Fsp3) is 0.250. The number of amides is 2. The first-order valence-corrected chi connectivity index (χ1v) is 10.1. The van der Waals surface area contributed by atoms with Gasteiger partial charge >= 0.3 is 0 Å². The van der Waals surface area contributed by atoms with E-state index in [1.807, 2.05) is 51.1 Å². The van der Waals surface area contributed by atoms with Crippen molar-refractivity contribution in [1.29, 1.82) is 0 Å². The van der Waals surface area contributed by atoms with E-state index >= 15 is 0 Å². The largest absolute Gasteiger partial charge is 0.347 e. The van der Waals surface area contributed by atoms with E-state index in [-0.39, 0.29) is 17.1 Å². The summed E-state index contributed by atoms with van der Waals surface area (Å²) in [5, 5.41) is 9.90. The smallest absolute Gasteiger partial charge is 0.280 e. The summed E-state index contributed by atoms with van der Waals surface area (Å²) < 4.78 is 1.55. The Morgan fingerprint density at radius 2 is 1.65 bits per heavy atom. The highest BCUT2D eigenvalue weighted by molar-refractivity contribution is 6.03. The Labute approximate surface area is 181 Å². The molecule has 0 aliphatic carbocycles. The van der Waals surface area contributed by atoms with E-state index in [0.29, 0.717) is 16.9 Å². The molecule has 0 fully saturated rings. The minimum absolute atomic E-state index is 0.185.